The molecule has 0 N–H and O–H groups in total. The van der Waals surface area contributed by atoms with Crippen LogP contribution in [0.25, 0.3) is 0 Å². The summed E-state index contributed by atoms with van der Waals surface area (Å²) in [6.45, 7) is 16.9. The van der Waals surface area contributed by atoms with Gasteiger partial charge in [0.05, 0.1) is 13.2 Å². The molecule has 2 atom stereocenters. The number of ketones is 2. The van der Waals surface area contributed by atoms with Crippen LogP contribution >= 0.6 is 0 Å². The van der Waals surface area contributed by atoms with Crippen LogP contribution in [0.15, 0.2) is 25.3 Å². The highest BCUT2D eigenvalue weighted by molar-refractivity contribution is 6.03. The van der Waals surface area contributed by atoms with Gasteiger partial charge in [-0.1, -0.05) is 12.2 Å². The zero-order chi connectivity index (χ0) is 24.4. The Kier molecular flexibility index (Phi) is 11.0. The van der Waals surface area contributed by atoms with Gasteiger partial charge in [0.1, 0.15) is 22.4 Å². The van der Waals surface area contributed by atoms with Crippen molar-refractivity contribution in [3.8, 4) is 0 Å². The normalized spacial score (nSPS) is 18.6. The molecule has 32 heavy (non-hydrogen) atoms. The monoisotopic (exact) mass is 450 g/mol. The van der Waals surface area contributed by atoms with Gasteiger partial charge < -0.3 is 9.47 Å². The van der Waals surface area contributed by atoms with Gasteiger partial charge >= 0.3 is 11.9 Å². The second kappa shape index (κ2) is 12.6. The highest BCUT2D eigenvalue weighted by Gasteiger charge is 2.47. The molecule has 0 aromatic carbocycles. The Bertz CT molecular complexity index is 653. The number of ether oxygens (including phenoxy) is 2. The number of piperazine rings is 1. The average Bonchev–Trinajstić information content (AvgIpc) is 2.74. The number of rotatable bonds is 14. The van der Waals surface area contributed by atoms with Gasteiger partial charge in [-0.05, 0) is 40.5 Å². The number of Topliss-reactive ketones (excluding diaryl/α,β-unsaturated/α-hetero) is 2. The summed E-state index contributed by atoms with van der Waals surface area (Å²) >= 11 is 0. The van der Waals surface area contributed by atoms with Crippen molar-refractivity contribution in [2.24, 2.45) is 10.8 Å². The van der Waals surface area contributed by atoms with Crippen LogP contribution in [-0.2, 0) is 28.7 Å². The van der Waals surface area contributed by atoms with Gasteiger partial charge in [0.25, 0.3) is 0 Å². The minimum Gasteiger partial charge on any atom is -0.465 e. The highest BCUT2D eigenvalue weighted by Crippen LogP contribution is 2.31. The standard InChI is InChI=1S/C24H38N2O6/c1-7-11-23(19(5)27,21(29)31-9-3)17-25-13-15-26(16-14-25)18-24(12-8-2,20(6)28)22(30)32-10-4/h7-8H,1-2,9-18H2,3-6H3. The van der Waals surface area contributed by atoms with Crippen molar-refractivity contribution in [2.45, 2.75) is 40.5 Å². The van der Waals surface area contributed by atoms with Crippen molar-refractivity contribution in [2.75, 3.05) is 52.5 Å². The first-order chi connectivity index (χ1) is 15.1. The van der Waals surface area contributed by atoms with Gasteiger partial charge in [-0.25, -0.2) is 0 Å². The molecule has 1 heterocycles. The minimum atomic E-state index is -1.28. The van der Waals surface area contributed by atoms with E-state index < -0.39 is 22.8 Å². The number of carbonyl (C=O) groups excluding carboxylic acids is 4. The van der Waals surface area contributed by atoms with Crippen LogP contribution in [0.1, 0.15) is 40.5 Å². The van der Waals surface area contributed by atoms with E-state index in [9.17, 15) is 19.2 Å². The van der Waals surface area contributed by atoms with Crippen molar-refractivity contribution < 1.29 is 28.7 Å². The largest absolute Gasteiger partial charge is 0.465 e. The number of hydrogen-bond acceptors (Lipinski definition) is 8. The summed E-state index contributed by atoms with van der Waals surface area (Å²) in [5.74, 6) is -1.55. The van der Waals surface area contributed by atoms with Crippen LogP contribution in [0, 0.1) is 10.8 Å². The first-order valence-electron chi connectivity index (χ1n) is 11.2. The van der Waals surface area contributed by atoms with E-state index >= 15 is 0 Å². The number of carbonyl (C=O) groups is 4. The lowest BCUT2D eigenvalue weighted by Crippen LogP contribution is -2.57. The molecular formula is C24H38N2O6. The zero-order valence-electron chi connectivity index (χ0n) is 20.0. The fourth-order valence-electron chi connectivity index (χ4n) is 4.12. The summed E-state index contributed by atoms with van der Waals surface area (Å²) in [4.78, 5) is 54.4. The summed E-state index contributed by atoms with van der Waals surface area (Å²) in [6, 6.07) is 0. The molecule has 0 amide bonds. The third-order valence-electron chi connectivity index (χ3n) is 6.12. The molecule has 0 bridgehead atoms. The van der Waals surface area contributed by atoms with Gasteiger partial charge in [-0.3, -0.25) is 29.0 Å². The Morgan fingerprint density at radius 2 is 1.06 bits per heavy atom. The number of hydrogen-bond donors (Lipinski definition) is 0. The Hall–Kier alpha value is -2.32. The van der Waals surface area contributed by atoms with E-state index in [1.165, 1.54) is 13.8 Å². The summed E-state index contributed by atoms with van der Waals surface area (Å²) in [5.41, 5.74) is -2.56. The molecule has 8 heteroatoms. The molecule has 0 aliphatic carbocycles. The predicted molar refractivity (Wildman–Crippen MR) is 122 cm³/mol. The first-order valence-corrected chi connectivity index (χ1v) is 11.2. The van der Waals surface area contributed by atoms with Crippen LogP contribution in [0.5, 0.6) is 0 Å². The second-order valence-electron chi connectivity index (χ2n) is 8.26. The van der Waals surface area contributed by atoms with Crippen LogP contribution < -0.4 is 0 Å². The maximum Gasteiger partial charge on any atom is 0.321 e. The van der Waals surface area contributed by atoms with E-state index in [1.54, 1.807) is 26.0 Å². The fourth-order valence-corrected chi connectivity index (χ4v) is 4.12. The third-order valence-corrected chi connectivity index (χ3v) is 6.12. The molecule has 1 saturated heterocycles. The molecule has 0 aromatic heterocycles. The smallest absolute Gasteiger partial charge is 0.321 e. The molecule has 1 aliphatic heterocycles. The van der Waals surface area contributed by atoms with Crippen molar-refractivity contribution in [3.63, 3.8) is 0 Å². The van der Waals surface area contributed by atoms with Crippen molar-refractivity contribution >= 4 is 23.5 Å². The van der Waals surface area contributed by atoms with Gasteiger partial charge in [0.15, 0.2) is 0 Å². The molecule has 0 aromatic rings. The van der Waals surface area contributed by atoms with E-state index in [0.717, 1.165) is 0 Å². The van der Waals surface area contributed by atoms with E-state index in [0.29, 0.717) is 26.2 Å². The van der Waals surface area contributed by atoms with Gasteiger partial charge in [-0.2, -0.15) is 0 Å². The number of allylic oxidation sites excluding steroid dienone is 2. The lowest BCUT2D eigenvalue weighted by Gasteiger charge is -2.41. The van der Waals surface area contributed by atoms with Gasteiger partial charge in [0, 0.05) is 39.3 Å². The van der Waals surface area contributed by atoms with Crippen LogP contribution in [0.3, 0.4) is 0 Å². The summed E-state index contributed by atoms with van der Waals surface area (Å²) in [6.07, 6.45) is 3.56. The molecule has 2 unspecified atom stereocenters. The molecule has 0 radical (unpaired) electrons. The quantitative estimate of drug-likeness (QED) is 0.225. The maximum atomic E-state index is 12.7. The summed E-state index contributed by atoms with van der Waals surface area (Å²) in [7, 11) is 0. The van der Waals surface area contributed by atoms with Gasteiger partial charge in [0.2, 0.25) is 0 Å². The Labute approximate surface area is 191 Å². The SMILES string of the molecule is C=CCC(CN1CCN(CC(CC=C)(C(C)=O)C(=O)OCC)CC1)(C(C)=O)C(=O)OCC. The summed E-state index contributed by atoms with van der Waals surface area (Å²) in [5, 5.41) is 0. The van der Waals surface area contributed by atoms with Crippen LogP contribution in [0.4, 0.5) is 0 Å². The van der Waals surface area contributed by atoms with Crippen molar-refractivity contribution in [3.05, 3.63) is 25.3 Å². The van der Waals surface area contributed by atoms with Gasteiger partial charge in [-0.15, -0.1) is 13.2 Å². The first kappa shape index (κ1) is 27.7. The van der Waals surface area contributed by atoms with E-state index in [-0.39, 0.29) is 50.7 Å². The van der Waals surface area contributed by atoms with E-state index in [1.807, 2.05) is 9.80 Å². The lowest BCUT2D eigenvalue weighted by molar-refractivity contribution is -0.164. The van der Waals surface area contributed by atoms with Crippen molar-refractivity contribution in [1.29, 1.82) is 0 Å². The lowest BCUT2D eigenvalue weighted by atomic mass is 9.79. The molecular weight excluding hydrogens is 412 g/mol. The summed E-state index contributed by atoms with van der Waals surface area (Å²) < 4.78 is 10.4. The topological polar surface area (TPSA) is 93.2 Å². The van der Waals surface area contributed by atoms with Crippen LogP contribution in [-0.4, -0.2) is 85.8 Å². The average molecular weight is 451 g/mol. The molecule has 8 nitrogen and oxygen atoms in total. The predicted octanol–water partition coefficient (Wildman–Crippen LogP) is 2.03. The minimum absolute atomic E-state index is 0.197. The Morgan fingerprint density at radius 3 is 1.28 bits per heavy atom. The maximum absolute atomic E-state index is 12.7. The number of nitrogens with zero attached hydrogens (tertiary/aromatic N) is 2. The molecule has 0 spiro atoms. The Morgan fingerprint density at radius 1 is 0.750 bits per heavy atom. The fraction of sp³-hybridized carbons (Fsp3) is 0.667. The molecule has 1 rings (SSSR count). The van der Waals surface area contributed by atoms with Crippen LogP contribution in [0.2, 0.25) is 0 Å². The molecule has 180 valence electrons. The van der Waals surface area contributed by atoms with Crippen molar-refractivity contribution in [1.82, 2.24) is 9.80 Å². The third kappa shape index (κ3) is 6.36. The molecule has 1 aliphatic rings. The van der Waals surface area contributed by atoms with E-state index in [4.69, 9.17) is 9.47 Å². The number of esters is 2. The zero-order valence-corrected chi connectivity index (χ0v) is 20.0. The Balaban J connectivity index is 2.96. The second-order valence-corrected chi connectivity index (χ2v) is 8.26. The molecule has 0 saturated carbocycles. The van der Waals surface area contributed by atoms with E-state index in [2.05, 4.69) is 13.2 Å². The highest BCUT2D eigenvalue weighted by atomic mass is 16.5. The molecule has 1 fully saturated rings.